The Balaban J connectivity index is 2.23. The summed E-state index contributed by atoms with van der Waals surface area (Å²) in [5.41, 5.74) is 0.910. The largest absolute Gasteiger partial charge is 0.300 e. The van der Waals surface area contributed by atoms with E-state index in [1.165, 1.54) is 11.3 Å². The topological polar surface area (TPSA) is 30.0 Å². The van der Waals surface area contributed by atoms with Crippen molar-refractivity contribution in [2.45, 2.75) is 13.3 Å². The summed E-state index contributed by atoms with van der Waals surface area (Å²) in [6.45, 7) is 1.57. The highest BCUT2D eigenvalue weighted by molar-refractivity contribution is 7.15. The highest BCUT2D eigenvalue weighted by Gasteiger charge is 2.08. The molecule has 0 fully saturated rings. The molecule has 0 radical (unpaired) electrons. The molecule has 0 atom stereocenters. The van der Waals surface area contributed by atoms with E-state index in [9.17, 15) is 4.79 Å². The maximum atomic E-state index is 10.9. The van der Waals surface area contributed by atoms with E-state index >= 15 is 0 Å². The maximum Gasteiger partial charge on any atom is 0.136 e. The van der Waals surface area contributed by atoms with Gasteiger partial charge in [0.05, 0.1) is 22.0 Å². The molecule has 78 valence electrons. The van der Waals surface area contributed by atoms with Gasteiger partial charge in [0.15, 0.2) is 0 Å². The molecule has 2 aromatic heterocycles. The van der Waals surface area contributed by atoms with Gasteiger partial charge in [-0.05, 0) is 13.0 Å². The molecule has 5 heteroatoms. The average molecular weight is 258 g/mol. The standard InChI is InChI=1S/C10H8ClNOS2/c1-6(13)2-10-12-8(5-15-10)9-3-7(11)4-14-9/h3-5H,2H2,1H3. The number of ketones is 1. The Kier molecular flexibility index (Phi) is 3.19. The van der Waals surface area contributed by atoms with Gasteiger partial charge in [-0.25, -0.2) is 4.98 Å². The summed E-state index contributed by atoms with van der Waals surface area (Å²) in [6.07, 6.45) is 0.420. The van der Waals surface area contributed by atoms with Crippen LogP contribution in [0, 0.1) is 0 Å². The summed E-state index contributed by atoms with van der Waals surface area (Å²) in [6, 6.07) is 1.89. The Bertz CT molecular complexity index is 489. The van der Waals surface area contributed by atoms with Gasteiger partial charge < -0.3 is 0 Å². The smallest absolute Gasteiger partial charge is 0.136 e. The van der Waals surface area contributed by atoms with Crippen molar-refractivity contribution in [2.24, 2.45) is 0 Å². The number of nitrogens with zero attached hydrogens (tertiary/aromatic N) is 1. The van der Waals surface area contributed by atoms with Crippen LogP contribution in [0.4, 0.5) is 0 Å². The normalized spacial score (nSPS) is 10.5. The third-order valence-electron chi connectivity index (χ3n) is 1.77. The van der Waals surface area contributed by atoms with E-state index in [0.717, 1.165) is 20.6 Å². The predicted octanol–water partition coefficient (Wildman–Crippen LogP) is 3.66. The van der Waals surface area contributed by atoms with Crippen LogP contribution in [-0.2, 0) is 11.2 Å². The molecule has 0 saturated heterocycles. The lowest BCUT2D eigenvalue weighted by atomic mass is 10.3. The minimum atomic E-state index is 0.139. The minimum absolute atomic E-state index is 0.139. The molecule has 0 aliphatic rings. The second-order valence-corrected chi connectivity index (χ2v) is 5.42. The van der Waals surface area contributed by atoms with E-state index in [1.807, 2.05) is 16.8 Å². The van der Waals surface area contributed by atoms with Crippen LogP contribution in [0.25, 0.3) is 10.6 Å². The second kappa shape index (κ2) is 4.43. The average Bonchev–Trinajstić information content (AvgIpc) is 2.72. The van der Waals surface area contributed by atoms with E-state index in [0.29, 0.717) is 6.42 Å². The number of carbonyl (C=O) groups excluding carboxylic acids is 1. The molecule has 0 N–H and O–H groups in total. The zero-order chi connectivity index (χ0) is 10.8. The van der Waals surface area contributed by atoms with E-state index in [-0.39, 0.29) is 5.78 Å². The third-order valence-corrected chi connectivity index (χ3v) is 3.92. The molecule has 2 nitrogen and oxygen atoms in total. The van der Waals surface area contributed by atoms with Crippen LogP contribution in [0.2, 0.25) is 5.02 Å². The number of thiazole rings is 1. The number of hydrogen-bond donors (Lipinski definition) is 0. The predicted molar refractivity (Wildman–Crippen MR) is 64.8 cm³/mol. The monoisotopic (exact) mass is 257 g/mol. The zero-order valence-electron chi connectivity index (χ0n) is 7.99. The molecule has 2 rings (SSSR count). The Morgan fingerprint density at radius 3 is 2.87 bits per heavy atom. The molecule has 0 saturated carbocycles. The fourth-order valence-corrected chi connectivity index (χ4v) is 3.14. The van der Waals surface area contributed by atoms with Crippen LogP contribution in [-0.4, -0.2) is 10.8 Å². The maximum absolute atomic E-state index is 10.9. The molecule has 0 aliphatic heterocycles. The first-order valence-electron chi connectivity index (χ1n) is 4.33. The van der Waals surface area contributed by atoms with E-state index in [1.54, 1.807) is 18.3 Å². The van der Waals surface area contributed by atoms with Crippen LogP contribution in [0.3, 0.4) is 0 Å². The van der Waals surface area contributed by atoms with Gasteiger partial charge >= 0.3 is 0 Å². The van der Waals surface area contributed by atoms with E-state index in [4.69, 9.17) is 11.6 Å². The van der Waals surface area contributed by atoms with Gasteiger partial charge in [0.25, 0.3) is 0 Å². The number of hydrogen-bond acceptors (Lipinski definition) is 4. The van der Waals surface area contributed by atoms with Crippen LogP contribution in [0.5, 0.6) is 0 Å². The van der Waals surface area contributed by atoms with Gasteiger partial charge in [-0.15, -0.1) is 22.7 Å². The molecule has 0 aromatic carbocycles. The van der Waals surface area contributed by atoms with E-state index in [2.05, 4.69) is 4.98 Å². The van der Waals surface area contributed by atoms with Gasteiger partial charge in [0.2, 0.25) is 0 Å². The number of thiophene rings is 1. The van der Waals surface area contributed by atoms with Crippen LogP contribution >= 0.6 is 34.3 Å². The highest BCUT2D eigenvalue weighted by atomic mass is 35.5. The summed E-state index contributed by atoms with van der Waals surface area (Å²) < 4.78 is 0. The number of Topliss-reactive ketones (excluding diaryl/α,β-unsaturated/α-hetero) is 1. The minimum Gasteiger partial charge on any atom is -0.300 e. The first-order valence-corrected chi connectivity index (χ1v) is 6.47. The molecular weight excluding hydrogens is 250 g/mol. The highest BCUT2D eigenvalue weighted by Crippen LogP contribution is 2.30. The molecule has 2 aromatic rings. The van der Waals surface area contributed by atoms with Crippen molar-refractivity contribution in [3.05, 3.63) is 26.9 Å². The van der Waals surface area contributed by atoms with Crippen molar-refractivity contribution in [2.75, 3.05) is 0 Å². The molecule has 15 heavy (non-hydrogen) atoms. The lowest BCUT2D eigenvalue weighted by Crippen LogP contribution is -1.94. The van der Waals surface area contributed by atoms with Gasteiger partial charge in [-0.2, -0.15) is 0 Å². The van der Waals surface area contributed by atoms with Crippen molar-refractivity contribution in [1.82, 2.24) is 4.98 Å². The number of aromatic nitrogens is 1. The molecule has 0 spiro atoms. The Morgan fingerprint density at radius 1 is 1.47 bits per heavy atom. The Labute approximate surface area is 101 Å². The van der Waals surface area contributed by atoms with Crippen molar-refractivity contribution in [3.63, 3.8) is 0 Å². The fourth-order valence-electron chi connectivity index (χ4n) is 1.17. The van der Waals surface area contributed by atoms with Crippen molar-refractivity contribution >= 4 is 40.1 Å². The lowest BCUT2D eigenvalue weighted by molar-refractivity contribution is -0.116. The Hall–Kier alpha value is -0.710. The molecule has 0 amide bonds. The van der Waals surface area contributed by atoms with Gasteiger partial charge in [-0.1, -0.05) is 11.6 Å². The molecule has 0 aliphatic carbocycles. The lowest BCUT2D eigenvalue weighted by Gasteiger charge is -1.89. The SMILES string of the molecule is CC(=O)Cc1nc(-c2cc(Cl)cs2)cs1. The molecule has 2 heterocycles. The van der Waals surface area contributed by atoms with Crippen molar-refractivity contribution in [1.29, 1.82) is 0 Å². The third kappa shape index (κ3) is 2.65. The quantitative estimate of drug-likeness (QED) is 0.840. The summed E-state index contributed by atoms with van der Waals surface area (Å²) in [5, 5.41) is 5.43. The van der Waals surface area contributed by atoms with Crippen LogP contribution < -0.4 is 0 Å². The summed E-state index contributed by atoms with van der Waals surface area (Å²) in [4.78, 5) is 16.3. The number of rotatable bonds is 3. The molecular formula is C10H8ClNOS2. The summed E-state index contributed by atoms with van der Waals surface area (Å²) >= 11 is 8.91. The van der Waals surface area contributed by atoms with Crippen LogP contribution in [0.1, 0.15) is 11.9 Å². The summed E-state index contributed by atoms with van der Waals surface area (Å²) in [7, 11) is 0. The van der Waals surface area contributed by atoms with E-state index < -0.39 is 0 Å². The molecule has 0 unspecified atom stereocenters. The van der Waals surface area contributed by atoms with Gasteiger partial charge in [0.1, 0.15) is 10.8 Å². The van der Waals surface area contributed by atoms with Crippen LogP contribution in [0.15, 0.2) is 16.8 Å². The summed E-state index contributed by atoms with van der Waals surface area (Å²) in [5.74, 6) is 0.139. The first-order chi connectivity index (χ1) is 7.15. The number of carbonyl (C=O) groups is 1. The van der Waals surface area contributed by atoms with Crippen molar-refractivity contribution in [3.8, 4) is 10.6 Å². The van der Waals surface area contributed by atoms with Gasteiger partial charge in [-0.3, -0.25) is 4.79 Å². The first kappa shape index (κ1) is 10.8. The van der Waals surface area contributed by atoms with Gasteiger partial charge in [0, 0.05) is 10.8 Å². The molecule has 0 bridgehead atoms. The fraction of sp³-hybridized carbons (Fsp3) is 0.200. The van der Waals surface area contributed by atoms with Crippen molar-refractivity contribution < 1.29 is 4.79 Å². The number of halogens is 1. The zero-order valence-corrected chi connectivity index (χ0v) is 10.4. The Morgan fingerprint density at radius 2 is 2.27 bits per heavy atom. The second-order valence-electron chi connectivity index (χ2n) is 3.13.